The van der Waals surface area contributed by atoms with Gasteiger partial charge in [-0.05, 0) is 18.2 Å². The highest BCUT2D eigenvalue weighted by molar-refractivity contribution is 6.52. The number of rotatable bonds is 0. The highest BCUT2D eigenvalue weighted by Gasteiger charge is 2.33. The number of amides is 1. The normalized spacial score (nSPS) is 19.5. The molecule has 1 aliphatic rings. The van der Waals surface area contributed by atoms with E-state index in [1.165, 1.54) is 0 Å². The van der Waals surface area contributed by atoms with Gasteiger partial charge in [0.05, 0.1) is 11.3 Å². The molecule has 0 saturated heterocycles. The summed E-state index contributed by atoms with van der Waals surface area (Å²) in [4.78, 5) is 23.2. The Morgan fingerprint density at radius 2 is 2.23 bits per heavy atom. The molecule has 1 aromatic carbocycles. The SMILES string of the molecule is [2H]C([2H])([2H])N1C(=O)C(=O)c2cc(F)ccc21. The standard InChI is InChI=1S/C9H6FNO2/c1-11-7-3-2-5(10)4-6(7)8(12)9(11)13/h2-4H,1H3/i1D3. The number of likely N-dealkylation sites (N-methyl/N-ethyl adjacent to an activating group) is 1. The van der Waals surface area contributed by atoms with Crippen molar-refractivity contribution < 1.29 is 18.1 Å². The quantitative estimate of drug-likeness (QED) is 0.561. The fraction of sp³-hybridized carbons (Fsp3) is 0.111. The summed E-state index contributed by atoms with van der Waals surface area (Å²) in [7, 11) is 0. The molecule has 0 bridgehead atoms. The van der Waals surface area contributed by atoms with E-state index in [0.717, 1.165) is 18.2 Å². The molecular weight excluding hydrogens is 173 g/mol. The Bertz CT molecular complexity index is 498. The third kappa shape index (κ3) is 0.950. The van der Waals surface area contributed by atoms with Crippen molar-refractivity contribution in [3.8, 4) is 0 Å². The topological polar surface area (TPSA) is 37.4 Å². The molecule has 0 saturated carbocycles. The number of Topliss-reactive ketones (excluding diaryl/α,β-unsaturated/α-hetero) is 1. The third-order valence-corrected chi connectivity index (χ3v) is 1.84. The van der Waals surface area contributed by atoms with Crippen LogP contribution in [0, 0.1) is 5.82 Å². The lowest BCUT2D eigenvalue weighted by molar-refractivity contribution is -0.114. The Kier molecular flexibility index (Phi) is 0.939. The van der Waals surface area contributed by atoms with Crippen molar-refractivity contribution in [3.05, 3.63) is 29.6 Å². The van der Waals surface area contributed by atoms with Crippen molar-refractivity contribution in [3.63, 3.8) is 0 Å². The first-order valence-corrected chi connectivity index (χ1v) is 3.51. The number of carbonyl (C=O) groups is 2. The number of hydrogen-bond acceptors (Lipinski definition) is 2. The first-order chi connectivity index (χ1) is 7.32. The largest absolute Gasteiger partial charge is 0.308 e. The molecule has 1 heterocycles. The number of hydrogen-bond donors (Lipinski definition) is 0. The molecule has 3 nitrogen and oxygen atoms in total. The van der Waals surface area contributed by atoms with Crippen LogP contribution in [-0.2, 0) is 4.79 Å². The number of ketones is 1. The van der Waals surface area contributed by atoms with Gasteiger partial charge in [0.25, 0.3) is 11.7 Å². The van der Waals surface area contributed by atoms with Gasteiger partial charge in [-0.3, -0.25) is 9.59 Å². The zero-order chi connectivity index (χ0) is 12.1. The van der Waals surface area contributed by atoms with Gasteiger partial charge < -0.3 is 4.90 Å². The van der Waals surface area contributed by atoms with Crippen LogP contribution in [0.2, 0.25) is 0 Å². The van der Waals surface area contributed by atoms with Crippen LogP contribution in [0.3, 0.4) is 0 Å². The van der Waals surface area contributed by atoms with E-state index in [9.17, 15) is 14.0 Å². The average molecular weight is 182 g/mol. The van der Waals surface area contributed by atoms with Crippen molar-refractivity contribution in [2.45, 2.75) is 0 Å². The summed E-state index contributed by atoms with van der Waals surface area (Å²) in [6.45, 7) is -2.74. The molecule has 1 amide bonds. The molecule has 66 valence electrons. The van der Waals surface area contributed by atoms with Crippen molar-refractivity contribution in [1.82, 2.24) is 0 Å². The second-order valence-electron chi connectivity index (χ2n) is 2.63. The lowest BCUT2D eigenvalue weighted by Gasteiger charge is -2.07. The summed E-state index contributed by atoms with van der Waals surface area (Å²) in [6.07, 6.45) is 0. The molecule has 0 spiro atoms. The second-order valence-corrected chi connectivity index (χ2v) is 2.63. The molecule has 13 heavy (non-hydrogen) atoms. The molecule has 1 aromatic rings. The van der Waals surface area contributed by atoms with Gasteiger partial charge in [-0.1, -0.05) is 0 Å². The Balaban J connectivity index is 2.64. The zero-order valence-electron chi connectivity index (χ0n) is 9.37. The minimum Gasteiger partial charge on any atom is -0.308 e. The van der Waals surface area contributed by atoms with Gasteiger partial charge in [-0.15, -0.1) is 0 Å². The summed E-state index contributed by atoms with van der Waals surface area (Å²) in [5.74, 6) is -2.83. The molecular formula is C9H6FNO2. The van der Waals surface area contributed by atoms with Crippen LogP contribution in [0.5, 0.6) is 0 Å². The van der Waals surface area contributed by atoms with E-state index >= 15 is 0 Å². The maximum atomic E-state index is 12.9. The molecule has 0 aromatic heterocycles. The Morgan fingerprint density at radius 3 is 2.92 bits per heavy atom. The van der Waals surface area contributed by atoms with Crippen LogP contribution in [0.15, 0.2) is 18.2 Å². The number of benzene rings is 1. The molecule has 0 atom stereocenters. The summed E-state index contributed by atoms with van der Waals surface area (Å²) in [6, 6.07) is 2.98. The molecule has 0 aliphatic carbocycles. The van der Waals surface area contributed by atoms with E-state index < -0.39 is 24.5 Å². The summed E-state index contributed by atoms with van der Waals surface area (Å²) >= 11 is 0. The highest BCUT2D eigenvalue weighted by atomic mass is 19.1. The van der Waals surface area contributed by atoms with Gasteiger partial charge in [-0.25, -0.2) is 4.39 Å². The number of nitrogens with zero attached hydrogens (tertiary/aromatic N) is 1. The fourth-order valence-electron chi connectivity index (χ4n) is 1.21. The number of fused-ring (bicyclic) bond motifs is 1. The van der Waals surface area contributed by atoms with Crippen LogP contribution in [0.25, 0.3) is 0 Å². The van der Waals surface area contributed by atoms with E-state index in [-0.39, 0.29) is 11.3 Å². The van der Waals surface area contributed by atoms with E-state index in [1.807, 2.05) is 0 Å². The second kappa shape index (κ2) is 2.39. The molecule has 1 aliphatic heterocycles. The number of anilines is 1. The molecule has 0 fully saturated rings. The van der Waals surface area contributed by atoms with E-state index in [2.05, 4.69) is 0 Å². The predicted octanol–water partition coefficient (Wildman–Crippen LogP) is 0.985. The van der Waals surface area contributed by atoms with Crippen molar-refractivity contribution >= 4 is 17.4 Å². The first-order valence-electron chi connectivity index (χ1n) is 5.01. The molecule has 0 unspecified atom stereocenters. The summed E-state index contributed by atoms with van der Waals surface area (Å²) in [5, 5.41) is 0. The van der Waals surface area contributed by atoms with Crippen molar-refractivity contribution in [2.75, 3.05) is 11.9 Å². The highest BCUT2D eigenvalue weighted by Crippen LogP contribution is 2.27. The van der Waals surface area contributed by atoms with Gasteiger partial charge in [-0.2, -0.15) is 0 Å². The van der Waals surface area contributed by atoms with Gasteiger partial charge in [0.2, 0.25) is 0 Å². The minimum atomic E-state index is -2.74. The summed E-state index contributed by atoms with van der Waals surface area (Å²) < 4.78 is 34.2. The maximum Gasteiger partial charge on any atom is 0.299 e. The van der Waals surface area contributed by atoms with Crippen molar-refractivity contribution in [1.29, 1.82) is 0 Å². The summed E-state index contributed by atoms with van der Waals surface area (Å²) in [5.41, 5.74) is -0.280. The van der Waals surface area contributed by atoms with Crippen molar-refractivity contribution in [2.24, 2.45) is 0 Å². The molecule has 0 N–H and O–H groups in total. The first kappa shape index (κ1) is 5.11. The molecule has 0 radical (unpaired) electrons. The number of halogens is 1. The van der Waals surface area contributed by atoms with Gasteiger partial charge >= 0.3 is 0 Å². The number of carbonyl (C=O) groups excluding carboxylic acids is 2. The molecule has 4 heteroatoms. The van der Waals surface area contributed by atoms with E-state index in [1.54, 1.807) is 0 Å². The van der Waals surface area contributed by atoms with Gasteiger partial charge in [0, 0.05) is 11.1 Å². The zero-order valence-corrected chi connectivity index (χ0v) is 6.37. The van der Waals surface area contributed by atoms with Gasteiger partial charge in [0.15, 0.2) is 0 Å². The minimum absolute atomic E-state index is 0.0728. The van der Waals surface area contributed by atoms with Gasteiger partial charge in [0.1, 0.15) is 5.82 Å². The Morgan fingerprint density at radius 1 is 1.46 bits per heavy atom. The lowest BCUT2D eigenvalue weighted by atomic mass is 10.1. The van der Waals surface area contributed by atoms with Crippen LogP contribution < -0.4 is 4.90 Å². The van der Waals surface area contributed by atoms with E-state index in [0.29, 0.717) is 4.90 Å². The van der Waals surface area contributed by atoms with Crippen LogP contribution in [-0.4, -0.2) is 18.7 Å². The monoisotopic (exact) mass is 182 g/mol. The average Bonchev–Trinajstić information content (AvgIpc) is 2.40. The fourth-order valence-corrected chi connectivity index (χ4v) is 1.21. The molecule has 2 rings (SSSR count). The predicted molar refractivity (Wildman–Crippen MR) is 44.1 cm³/mol. The van der Waals surface area contributed by atoms with E-state index in [4.69, 9.17) is 4.11 Å². The van der Waals surface area contributed by atoms with Crippen LogP contribution in [0.4, 0.5) is 10.1 Å². The Labute approximate surface area is 78.0 Å². The maximum absolute atomic E-state index is 12.9. The Hall–Kier alpha value is -1.71. The smallest absolute Gasteiger partial charge is 0.299 e. The lowest BCUT2D eigenvalue weighted by Crippen LogP contribution is -2.24. The van der Waals surface area contributed by atoms with Crippen LogP contribution >= 0.6 is 0 Å². The third-order valence-electron chi connectivity index (χ3n) is 1.84. The van der Waals surface area contributed by atoms with Crippen LogP contribution in [0.1, 0.15) is 14.5 Å².